The summed E-state index contributed by atoms with van der Waals surface area (Å²) < 4.78 is 16.5. The van der Waals surface area contributed by atoms with Gasteiger partial charge in [0.25, 0.3) is 0 Å². The number of rotatable bonds is 5. The van der Waals surface area contributed by atoms with Gasteiger partial charge in [-0.25, -0.2) is 4.39 Å². The van der Waals surface area contributed by atoms with Crippen LogP contribution >= 0.6 is 0 Å². The van der Waals surface area contributed by atoms with E-state index in [1.165, 1.54) is 18.4 Å². The lowest BCUT2D eigenvalue weighted by Crippen LogP contribution is -1.90. The Morgan fingerprint density at radius 3 is 2.46 bits per heavy atom. The number of hydrogen-bond acceptors (Lipinski definition) is 1. The van der Waals surface area contributed by atoms with Gasteiger partial charge in [0.2, 0.25) is 6.86 Å². The molecule has 0 aliphatic carbocycles. The van der Waals surface area contributed by atoms with Crippen molar-refractivity contribution in [3.63, 3.8) is 0 Å². The fraction of sp³-hybridized carbons (Fsp3) is 0.455. The van der Waals surface area contributed by atoms with Crippen LogP contribution in [-0.2, 0) is 6.42 Å². The number of ether oxygens (including phenoxy) is 1. The van der Waals surface area contributed by atoms with Crippen molar-refractivity contribution in [3.8, 4) is 5.75 Å². The van der Waals surface area contributed by atoms with E-state index in [0.29, 0.717) is 5.75 Å². The van der Waals surface area contributed by atoms with Gasteiger partial charge in [0, 0.05) is 0 Å². The molecule has 0 saturated heterocycles. The molecule has 0 unspecified atom stereocenters. The third-order valence-corrected chi connectivity index (χ3v) is 1.96. The van der Waals surface area contributed by atoms with Crippen LogP contribution in [0.1, 0.15) is 25.3 Å². The summed E-state index contributed by atoms with van der Waals surface area (Å²) >= 11 is 0. The summed E-state index contributed by atoms with van der Waals surface area (Å²) in [5, 5.41) is 0. The molecule has 0 aliphatic rings. The summed E-state index contributed by atoms with van der Waals surface area (Å²) in [6, 6.07) is 7.59. The van der Waals surface area contributed by atoms with Gasteiger partial charge in [0.1, 0.15) is 5.75 Å². The average Bonchev–Trinajstić information content (AvgIpc) is 2.17. The SMILES string of the molecule is CCCCc1ccc(OCF)cc1. The van der Waals surface area contributed by atoms with Crippen LogP contribution < -0.4 is 4.74 Å². The summed E-state index contributed by atoms with van der Waals surface area (Å²) in [5.41, 5.74) is 1.29. The summed E-state index contributed by atoms with van der Waals surface area (Å²) in [6.45, 7) is 1.41. The number of unbranched alkanes of at least 4 members (excludes halogenated alkanes) is 1. The molecule has 0 heterocycles. The van der Waals surface area contributed by atoms with Gasteiger partial charge < -0.3 is 4.74 Å². The molecule has 0 bridgehead atoms. The molecule has 1 nitrogen and oxygen atoms in total. The van der Waals surface area contributed by atoms with Crippen LogP contribution in [0.15, 0.2) is 24.3 Å². The molecular formula is C11H15FO. The Morgan fingerprint density at radius 1 is 1.23 bits per heavy atom. The fourth-order valence-corrected chi connectivity index (χ4v) is 1.20. The average molecular weight is 182 g/mol. The van der Waals surface area contributed by atoms with Gasteiger partial charge in [-0.3, -0.25) is 0 Å². The second kappa shape index (κ2) is 5.57. The second-order valence-electron chi connectivity index (χ2n) is 3.00. The van der Waals surface area contributed by atoms with Gasteiger partial charge in [-0.15, -0.1) is 0 Å². The quantitative estimate of drug-likeness (QED) is 0.678. The van der Waals surface area contributed by atoms with Crippen molar-refractivity contribution in [2.24, 2.45) is 0 Å². The molecule has 1 aromatic carbocycles. The van der Waals surface area contributed by atoms with Gasteiger partial charge in [-0.1, -0.05) is 25.5 Å². The van der Waals surface area contributed by atoms with Crippen molar-refractivity contribution in [3.05, 3.63) is 29.8 Å². The first-order valence-electron chi connectivity index (χ1n) is 4.64. The zero-order valence-corrected chi connectivity index (χ0v) is 7.92. The Kier molecular flexibility index (Phi) is 4.30. The molecule has 0 N–H and O–H groups in total. The van der Waals surface area contributed by atoms with Crippen molar-refractivity contribution < 1.29 is 9.13 Å². The molecule has 0 atom stereocenters. The third kappa shape index (κ3) is 3.45. The van der Waals surface area contributed by atoms with Crippen molar-refractivity contribution >= 4 is 0 Å². The molecule has 13 heavy (non-hydrogen) atoms. The van der Waals surface area contributed by atoms with Gasteiger partial charge in [0.15, 0.2) is 0 Å². The molecule has 2 heteroatoms. The van der Waals surface area contributed by atoms with Crippen molar-refractivity contribution in [1.29, 1.82) is 0 Å². The highest BCUT2D eigenvalue weighted by Crippen LogP contribution is 2.13. The minimum Gasteiger partial charge on any atom is -0.463 e. The predicted molar refractivity (Wildman–Crippen MR) is 51.7 cm³/mol. The van der Waals surface area contributed by atoms with Crippen molar-refractivity contribution in [2.45, 2.75) is 26.2 Å². The number of alkyl halides is 1. The highest BCUT2D eigenvalue weighted by Gasteiger charge is 1.94. The zero-order chi connectivity index (χ0) is 9.52. The lowest BCUT2D eigenvalue weighted by molar-refractivity contribution is 0.191. The van der Waals surface area contributed by atoms with Gasteiger partial charge in [0.05, 0.1) is 0 Å². The van der Waals surface area contributed by atoms with Crippen molar-refractivity contribution in [2.75, 3.05) is 6.86 Å². The number of benzene rings is 1. The van der Waals surface area contributed by atoms with E-state index in [-0.39, 0.29) is 0 Å². The predicted octanol–water partition coefficient (Wildman–Crippen LogP) is 3.34. The Hall–Kier alpha value is -1.05. The number of hydrogen-bond donors (Lipinski definition) is 0. The van der Waals surface area contributed by atoms with E-state index >= 15 is 0 Å². The van der Waals surface area contributed by atoms with E-state index < -0.39 is 6.86 Å². The van der Waals surface area contributed by atoms with E-state index in [0.717, 1.165) is 6.42 Å². The Morgan fingerprint density at radius 2 is 1.92 bits per heavy atom. The number of halogens is 1. The smallest absolute Gasteiger partial charge is 0.228 e. The monoisotopic (exact) mass is 182 g/mol. The maximum absolute atomic E-state index is 11.8. The first-order chi connectivity index (χ1) is 6.36. The third-order valence-electron chi connectivity index (χ3n) is 1.96. The van der Waals surface area contributed by atoms with Gasteiger partial charge >= 0.3 is 0 Å². The fourth-order valence-electron chi connectivity index (χ4n) is 1.20. The summed E-state index contributed by atoms with van der Waals surface area (Å²) in [6.07, 6.45) is 3.48. The minimum absolute atomic E-state index is 0.600. The lowest BCUT2D eigenvalue weighted by Gasteiger charge is -2.02. The molecule has 0 spiro atoms. The maximum atomic E-state index is 11.8. The van der Waals surface area contributed by atoms with Gasteiger partial charge in [-0.05, 0) is 30.5 Å². The van der Waals surface area contributed by atoms with E-state index in [2.05, 4.69) is 6.92 Å². The Bertz CT molecular complexity index is 230. The van der Waals surface area contributed by atoms with Crippen LogP contribution in [0.2, 0.25) is 0 Å². The van der Waals surface area contributed by atoms with E-state index in [4.69, 9.17) is 4.74 Å². The molecule has 1 aromatic rings. The molecule has 0 aliphatic heterocycles. The highest BCUT2D eigenvalue weighted by molar-refractivity contribution is 5.27. The molecule has 0 saturated carbocycles. The maximum Gasteiger partial charge on any atom is 0.228 e. The standard InChI is InChI=1S/C11H15FO/c1-2-3-4-10-5-7-11(8-6-10)13-9-12/h5-8H,2-4,9H2,1H3. The van der Waals surface area contributed by atoms with Crippen LogP contribution in [0.4, 0.5) is 4.39 Å². The molecule has 0 radical (unpaired) electrons. The second-order valence-corrected chi connectivity index (χ2v) is 3.00. The number of aryl methyl sites for hydroxylation is 1. The van der Waals surface area contributed by atoms with E-state index in [1.54, 1.807) is 0 Å². The molecule has 1 rings (SSSR count). The summed E-state index contributed by atoms with van der Waals surface area (Å²) in [4.78, 5) is 0. The lowest BCUT2D eigenvalue weighted by atomic mass is 10.1. The minimum atomic E-state index is -0.756. The van der Waals surface area contributed by atoms with E-state index in [1.807, 2.05) is 24.3 Å². The summed E-state index contributed by atoms with van der Waals surface area (Å²) in [7, 11) is 0. The molecule has 0 aromatic heterocycles. The summed E-state index contributed by atoms with van der Waals surface area (Å²) in [5.74, 6) is 0.600. The topological polar surface area (TPSA) is 9.23 Å². The van der Waals surface area contributed by atoms with Crippen LogP contribution in [0.5, 0.6) is 5.75 Å². The molecule has 72 valence electrons. The van der Waals surface area contributed by atoms with Crippen LogP contribution in [0, 0.1) is 0 Å². The Labute approximate surface area is 78.5 Å². The van der Waals surface area contributed by atoms with Crippen LogP contribution in [0.25, 0.3) is 0 Å². The van der Waals surface area contributed by atoms with E-state index in [9.17, 15) is 4.39 Å². The largest absolute Gasteiger partial charge is 0.463 e. The first kappa shape index (κ1) is 10.0. The van der Waals surface area contributed by atoms with Gasteiger partial charge in [-0.2, -0.15) is 0 Å². The normalized spacial score (nSPS) is 10.0. The van der Waals surface area contributed by atoms with Crippen LogP contribution in [0.3, 0.4) is 0 Å². The highest BCUT2D eigenvalue weighted by atomic mass is 19.1. The van der Waals surface area contributed by atoms with Crippen LogP contribution in [-0.4, -0.2) is 6.86 Å². The molecule has 0 fully saturated rings. The molecule has 0 amide bonds. The first-order valence-corrected chi connectivity index (χ1v) is 4.64. The zero-order valence-electron chi connectivity index (χ0n) is 7.92. The molecular weight excluding hydrogens is 167 g/mol. The van der Waals surface area contributed by atoms with Crippen molar-refractivity contribution in [1.82, 2.24) is 0 Å². The Balaban J connectivity index is 2.48.